The van der Waals surface area contributed by atoms with E-state index in [1.165, 1.54) is 28.6 Å². The summed E-state index contributed by atoms with van der Waals surface area (Å²) in [5, 5.41) is 3.51. The summed E-state index contributed by atoms with van der Waals surface area (Å²) in [7, 11) is 0. The van der Waals surface area contributed by atoms with Gasteiger partial charge in [0.05, 0.1) is 10.6 Å². The lowest BCUT2D eigenvalue weighted by molar-refractivity contribution is -0.115. The number of benzene rings is 2. The Morgan fingerprint density at radius 1 is 1.19 bits per heavy atom. The summed E-state index contributed by atoms with van der Waals surface area (Å²) < 4.78 is 0. The number of carbonyl (C=O) groups excluding carboxylic acids is 1. The minimum Gasteiger partial charge on any atom is -0.364 e. The number of anilines is 1. The number of fused-ring (bicyclic) bond motifs is 1. The van der Waals surface area contributed by atoms with Gasteiger partial charge in [0.25, 0.3) is 5.91 Å². The van der Waals surface area contributed by atoms with Crippen LogP contribution >= 0.6 is 11.8 Å². The van der Waals surface area contributed by atoms with Crippen LogP contribution in [0.15, 0.2) is 52.4 Å². The molecule has 2 aliphatic rings. The maximum Gasteiger partial charge on any atom is 0.264 e. The largest absolute Gasteiger partial charge is 0.364 e. The van der Waals surface area contributed by atoms with Gasteiger partial charge in [-0.05, 0) is 100 Å². The van der Waals surface area contributed by atoms with Crippen LogP contribution in [0.3, 0.4) is 0 Å². The second-order valence-electron chi connectivity index (χ2n) is 9.52. The Balaban J connectivity index is 1.62. The van der Waals surface area contributed by atoms with Crippen molar-refractivity contribution in [1.29, 1.82) is 0 Å². The molecule has 1 saturated heterocycles. The highest BCUT2D eigenvalue weighted by atomic mass is 32.2. The van der Waals surface area contributed by atoms with Gasteiger partial charge in [-0.3, -0.25) is 4.79 Å². The van der Waals surface area contributed by atoms with Crippen molar-refractivity contribution < 1.29 is 4.79 Å². The number of nitrogens with one attached hydrogen (secondary N) is 1. The van der Waals surface area contributed by atoms with Gasteiger partial charge in [0.1, 0.15) is 0 Å². The first-order valence-electron chi connectivity index (χ1n) is 10.9. The van der Waals surface area contributed by atoms with Crippen LogP contribution in [0.5, 0.6) is 0 Å². The molecule has 0 spiro atoms. The molecule has 2 heterocycles. The van der Waals surface area contributed by atoms with Gasteiger partial charge in [-0.25, -0.2) is 4.99 Å². The maximum atomic E-state index is 12.5. The van der Waals surface area contributed by atoms with Gasteiger partial charge in [0, 0.05) is 17.3 Å². The molecular weight excluding hydrogens is 402 g/mol. The quantitative estimate of drug-likeness (QED) is 0.571. The van der Waals surface area contributed by atoms with Crippen molar-refractivity contribution in [3.63, 3.8) is 0 Å². The Morgan fingerprint density at radius 2 is 1.90 bits per heavy atom. The molecule has 2 aliphatic heterocycles. The number of amides is 1. The molecule has 0 radical (unpaired) electrons. The third kappa shape index (κ3) is 4.42. The van der Waals surface area contributed by atoms with E-state index in [-0.39, 0.29) is 11.4 Å². The number of aryl methyl sites for hydroxylation is 1. The fourth-order valence-electron chi connectivity index (χ4n) is 4.91. The molecule has 0 aromatic heterocycles. The third-order valence-electron chi connectivity index (χ3n) is 6.03. The van der Waals surface area contributed by atoms with Gasteiger partial charge in [-0.1, -0.05) is 30.7 Å². The number of aliphatic imine (C=N–C) groups is 1. The molecule has 2 aromatic carbocycles. The van der Waals surface area contributed by atoms with Crippen LogP contribution in [-0.2, 0) is 4.79 Å². The molecule has 1 amide bonds. The number of thioether (sulfide) groups is 1. The second-order valence-corrected chi connectivity index (χ2v) is 10.5. The van der Waals surface area contributed by atoms with E-state index in [2.05, 4.69) is 68.0 Å². The summed E-state index contributed by atoms with van der Waals surface area (Å²) in [4.78, 5) is 20.3. The monoisotopic (exact) mass is 433 g/mol. The zero-order chi connectivity index (χ0) is 22.3. The lowest BCUT2D eigenvalue weighted by Crippen LogP contribution is -2.51. The van der Waals surface area contributed by atoms with E-state index in [0.29, 0.717) is 22.0 Å². The SMILES string of the molecule is Cc1ccc(N=C2NC(=O)/C(=C/c3ccc4c(c3)[C@@H](C)CC(C)(C)N4C(C)C)S2)cc1. The number of amidine groups is 1. The van der Waals surface area contributed by atoms with Crippen molar-refractivity contribution in [3.8, 4) is 0 Å². The number of nitrogens with zero attached hydrogens (tertiary/aromatic N) is 2. The maximum absolute atomic E-state index is 12.5. The average molecular weight is 434 g/mol. The van der Waals surface area contributed by atoms with Crippen molar-refractivity contribution in [1.82, 2.24) is 5.32 Å². The lowest BCUT2D eigenvalue weighted by Gasteiger charge is -2.50. The molecule has 0 aliphatic carbocycles. The number of hydrogen-bond acceptors (Lipinski definition) is 4. The number of rotatable bonds is 3. The minimum absolute atomic E-state index is 0.0911. The molecule has 0 bridgehead atoms. The van der Waals surface area contributed by atoms with Crippen LogP contribution in [0, 0.1) is 6.92 Å². The van der Waals surface area contributed by atoms with Gasteiger partial charge < -0.3 is 10.2 Å². The molecule has 1 N–H and O–H groups in total. The summed E-state index contributed by atoms with van der Waals surface area (Å²) in [6.07, 6.45) is 3.09. The average Bonchev–Trinajstić information content (AvgIpc) is 3.02. The molecule has 31 heavy (non-hydrogen) atoms. The smallest absolute Gasteiger partial charge is 0.264 e. The third-order valence-corrected chi connectivity index (χ3v) is 6.94. The van der Waals surface area contributed by atoms with Crippen molar-refractivity contribution in [2.45, 2.75) is 65.5 Å². The molecule has 2 aromatic rings. The van der Waals surface area contributed by atoms with Gasteiger partial charge in [0.2, 0.25) is 0 Å². The van der Waals surface area contributed by atoms with E-state index in [0.717, 1.165) is 17.7 Å². The van der Waals surface area contributed by atoms with E-state index >= 15 is 0 Å². The molecular formula is C26H31N3OS. The molecule has 5 heteroatoms. The van der Waals surface area contributed by atoms with Crippen LogP contribution < -0.4 is 10.2 Å². The Morgan fingerprint density at radius 3 is 2.58 bits per heavy atom. The van der Waals surface area contributed by atoms with Crippen LogP contribution in [-0.4, -0.2) is 22.7 Å². The minimum atomic E-state index is -0.0911. The lowest BCUT2D eigenvalue weighted by atomic mass is 9.79. The van der Waals surface area contributed by atoms with E-state index in [1.807, 2.05) is 37.3 Å². The number of carbonyl (C=O) groups is 1. The molecule has 0 saturated carbocycles. The zero-order valence-corrected chi connectivity index (χ0v) is 20.0. The summed E-state index contributed by atoms with van der Waals surface area (Å²) in [6.45, 7) is 13.5. The van der Waals surface area contributed by atoms with Crippen LogP contribution in [0.2, 0.25) is 0 Å². The fourth-order valence-corrected chi connectivity index (χ4v) is 5.75. The Hall–Kier alpha value is -2.53. The Labute approximate surface area is 189 Å². The highest BCUT2D eigenvalue weighted by molar-refractivity contribution is 8.18. The summed E-state index contributed by atoms with van der Waals surface area (Å²) >= 11 is 1.40. The second kappa shape index (κ2) is 8.19. The van der Waals surface area contributed by atoms with Crippen molar-refractivity contribution >= 4 is 40.3 Å². The molecule has 0 unspecified atom stereocenters. The van der Waals surface area contributed by atoms with Gasteiger partial charge in [-0.15, -0.1) is 0 Å². The number of hydrogen-bond donors (Lipinski definition) is 1. The predicted molar refractivity (Wildman–Crippen MR) is 133 cm³/mol. The van der Waals surface area contributed by atoms with Crippen molar-refractivity contribution in [3.05, 3.63) is 64.1 Å². The van der Waals surface area contributed by atoms with Crippen LogP contribution in [0.1, 0.15) is 63.6 Å². The molecule has 162 valence electrons. The van der Waals surface area contributed by atoms with Gasteiger partial charge in [-0.2, -0.15) is 0 Å². The first-order chi connectivity index (χ1) is 14.6. The van der Waals surface area contributed by atoms with Crippen LogP contribution in [0.4, 0.5) is 11.4 Å². The van der Waals surface area contributed by atoms with E-state index < -0.39 is 0 Å². The van der Waals surface area contributed by atoms with Crippen LogP contribution in [0.25, 0.3) is 6.08 Å². The molecule has 4 nitrogen and oxygen atoms in total. The fraction of sp³-hybridized carbons (Fsp3) is 0.385. The molecule has 4 rings (SSSR count). The predicted octanol–water partition coefficient (Wildman–Crippen LogP) is 6.39. The topological polar surface area (TPSA) is 44.7 Å². The highest BCUT2D eigenvalue weighted by Gasteiger charge is 2.37. The van der Waals surface area contributed by atoms with Crippen molar-refractivity contribution in [2.24, 2.45) is 4.99 Å². The first kappa shape index (κ1) is 21.7. The Kier molecular flexibility index (Phi) is 5.73. The summed E-state index contributed by atoms with van der Waals surface area (Å²) in [5.74, 6) is 0.383. The zero-order valence-electron chi connectivity index (χ0n) is 19.2. The molecule has 1 atom stereocenters. The van der Waals surface area contributed by atoms with Gasteiger partial charge in [0.15, 0.2) is 5.17 Å². The Bertz CT molecular complexity index is 1070. The highest BCUT2D eigenvalue weighted by Crippen LogP contribution is 2.45. The van der Waals surface area contributed by atoms with Gasteiger partial charge >= 0.3 is 0 Å². The normalized spacial score (nSPS) is 22.9. The van der Waals surface area contributed by atoms with E-state index in [9.17, 15) is 4.79 Å². The summed E-state index contributed by atoms with van der Waals surface area (Å²) in [5.41, 5.74) is 5.89. The van der Waals surface area contributed by atoms with E-state index in [1.54, 1.807) is 0 Å². The summed E-state index contributed by atoms with van der Waals surface area (Å²) in [6, 6.07) is 15.0. The van der Waals surface area contributed by atoms with Crippen molar-refractivity contribution in [2.75, 3.05) is 4.90 Å². The first-order valence-corrected chi connectivity index (χ1v) is 11.8. The standard InChI is InChI=1S/C26H31N3OS/c1-16(2)29-22-12-9-19(13-21(22)18(4)15-26(29,5)6)14-23-24(30)28-25(31-23)27-20-10-7-17(3)8-11-20/h7-14,16,18H,15H2,1-6H3,(H,27,28,30)/b23-14-/t18-/m0/s1. The molecule has 1 fully saturated rings. The van der Waals surface area contributed by atoms with E-state index in [4.69, 9.17) is 0 Å².